The Balaban J connectivity index is 1.91. The summed E-state index contributed by atoms with van der Waals surface area (Å²) in [7, 11) is 0. The van der Waals surface area contributed by atoms with Gasteiger partial charge in [0, 0.05) is 18.8 Å². The Morgan fingerprint density at radius 1 is 0.909 bits per heavy atom. The summed E-state index contributed by atoms with van der Waals surface area (Å²) in [6.07, 6.45) is 0.102. The average Bonchev–Trinajstić information content (AvgIpc) is 2.83. The number of rotatable bonds is 5. The van der Waals surface area contributed by atoms with E-state index in [4.69, 9.17) is 0 Å². The molecule has 0 radical (unpaired) electrons. The van der Waals surface area contributed by atoms with Crippen molar-refractivity contribution in [3.63, 3.8) is 0 Å². The highest BCUT2D eigenvalue weighted by Gasteiger charge is 2.20. The third kappa shape index (κ3) is 3.01. The number of fused-ring (bicyclic) bond motifs is 3. The zero-order valence-corrected chi connectivity index (χ0v) is 13.2. The van der Waals surface area contributed by atoms with E-state index < -0.39 is 12.2 Å². The molecule has 0 saturated carbocycles. The molecule has 0 aromatic heterocycles. The van der Waals surface area contributed by atoms with E-state index in [-0.39, 0.29) is 0 Å². The largest absolute Gasteiger partial charge is 0.392 e. The molecule has 116 valence electrons. The van der Waals surface area contributed by atoms with E-state index in [1.165, 1.54) is 22.3 Å². The zero-order valence-electron chi connectivity index (χ0n) is 13.2. The molecule has 0 fully saturated rings. The van der Waals surface area contributed by atoms with Crippen molar-refractivity contribution in [3.8, 4) is 11.1 Å². The van der Waals surface area contributed by atoms with Crippen LogP contribution in [0.3, 0.4) is 0 Å². The molecule has 1 aliphatic carbocycles. The Hall–Kier alpha value is -1.84. The minimum atomic E-state index is -0.427. The number of aliphatic hydroxyl groups is 2. The lowest BCUT2D eigenvalue weighted by molar-refractivity contribution is 0.178. The molecule has 0 unspecified atom stereocenters. The van der Waals surface area contributed by atoms with Gasteiger partial charge in [0.2, 0.25) is 0 Å². The van der Waals surface area contributed by atoms with Crippen LogP contribution in [0.25, 0.3) is 11.1 Å². The average molecular weight is 297 g/mol. The van der Waals surface area contributed by atoms with Gasteiger partial charge in [0.25, 0.3) is 0 Å². The van der Waals surface area contributed by atoms with Crippen LogP contribution >= 0.6 is 0 Å². The molecule has 0 bridgehead atoms. The smallest absolute Gasteiger partial charge is 0.0687 e. The Labute approximate surface area is 131 Å². The Morgan fingerprint density at radius 3 is 2.23 bits per heavy atom. The molecule has 3 rings (SSSR count). The van der Waals surface area contributed by atoms with Crippen molar-refractivity contribution in [2.75, 3.05) is 18.0 Å². The minimum absolute atomic E-state index is 0.427. The van der Waals surface area contributed by atoms with Crippen LogP contribution in [0.15, 0.2) is 42.5 Å². The van der Waals surface area contributed by atoms with Gasteiger partial charge in [-0.15, -0.1) is 0 Å². The molecular weight excluding hydrogens is 274 g/mol. The van der Waals surface area contributed by atoms with Gasteiger partial charge in [-0.25, -0.2) is 0 Å². The Bertz CT molecular complexity index is 654. The summed E-state index contributed by atoms with van der Waals surface area (Å²) in [5.74, 6) is 0. The van der Waals surface area contributed by atoms with Crippen molar-refractivity contribution in [1.29, 1.82) is 0 Å². The first kappa shape index (κ1) is 15.1. The van der Waals surface area contributed by atoms with Gasteiger partial charge in [-0.1, -0.05) is 30.3 Å². The van der Waals surface area contributed by atoms with Crippen LogP contribution in [0.5, 0.6) is 0 Å². The quantitative estimate of drug-likeness (QED) is 0.761. The summed E-state index contributed by atoms with van der Waals surface area (Å²) in [5.41, 5.74) is 6.37. The van der Waals surface area contributed by atoms with Gasteiger partial charge >= 0.3 is 0 Å². The molecule has 0 amide bonds. The minimum Gasteiger partial charge on any atom is -0.392 e. The lowest BCUT2D eigenvalue weighted by Crippen LogP contribution is -2.36. The fourth-order valence-electron chi connectivity index (χ4n) is 3.25. The maximum Gasteiger partial charge on any atom is 0.0687 e. The van der Waals surface area contributed by atoms with Crippen molar-refractivity contribution in [2.24, 2.45) is 0 Å². The van der Waals surface area contributed by atoms with Crippen LogP contribution in [-0.4, -0.2) is 35.5 Å². The fourth-order valence-corrected chi connectivity index (χ4v) is 3.25. The van der Waals surface area contributed by atoms with Gasteiger partial charge in [0.15, 0.2) is 0 Å². The molecule has 0 spiro atoms. The van der Waals surface area contributed by atoms with Gasteiger partial charge in [-0.2, -0.15) is 0 Å². The summed E-state index contributed by atoms with van der Waals surface area (Å²) in [5, 5.41) is 19.4. The van der Waals surface area contributed by atoms with E-state index in [2.05, 4.69) is 47.4 Å². The molecule has 2 atom stereocenters. The highest BCUT2D eigenvalue weighted by Crippen LogP contribution is 2.38. The lowest BCUT2D eigenvalue weighted by Gasteiger charge is -2.28. The van der Waals surface area contributed by atoms with Crippen molar-refractivity contribution < 1.29 is 10.2 Å². The third-order valence-corrected chi connectivity index (χ3v) is 4.11. The number of benzene rings is 2. The SMILES string of the molecule is C[C@@H](O)CN(C[C@@H](C)O)c1ccc2c(c1)Cc1ccccc1-2. The Morgan fingerprint density at radius 2 is 1.55 bits per heavy atom. The van der Waals surface area contributed by atoms with Crippen LogP contribution in [0.4, 0.5) is 5.69 Å². The first-order valence-electron chi connectivity index (χ1n) is 7.87. The number of hydrogen-bond donors (Lipinski definition) is 2. The molecule has 0 saturated heterocycles. The summed E-state index contributed by atoms with van der Waals surface area (Å²) >= 11 is 0. The highest BCUT2D eigenvalue weighted by molar-refractivity contribution is 5.78. The predicted molar refractivity (Wildman–Crippen MR) is 90.3 cm³/mol. The maximum atomic E-state index is 9.71. The standard InChI is InChI=1S/C19H23NO2/c1-13(21)11-20(12-14(2)22)17-7-8-19-16(10-17)9-15-5-3-4-6-18(15)19/h3-8,10,13-14,21-22H,9,11-12H2,1-2H3/t13-,14-/m1/s1. The van der Waals surface area contributed by atoms with Gasteiger partial charge in [0.05, 0.1) is 12.2 Å². The fraction of sp³-hybridized carbons (Fsp3) is 0.368. The second-order valence-electron chi connectivity index (χ2n) is 6.28. The first-order chi connectivity index (χ1) is 10.5. The second-order valence-corrected chi connectivity index (χ2v) is 6.28. The van der Waals surface area contributed by atoms with Crippen LogP contribution in [0, 0.1) is 0 Å². The number of aliphatic hydroxyl groups excluding tert-OH is 2. The van der Waals surface area contributed by atoms with Crippen molar-refractivity contribution >= 4 is 5.69 Å². The maximum absolute atomic E-state index is 9.71. The second kappa shape index (κ2) is 6.11. The van der Waals surface area contributed by atoms with E-state index in [1.54, 1.807) is 13.8 Å². The lowest BCUT2D eigenvalue weighted by atomic mass is 10.0. The van der Waals surface area contributed by atoms with Gasteiger partial charge in [-0.05, 0) is 54.7 Å². The Kier molecular flexibility index (Phi) is 4.19. The van der Waals surface area contributed by atoms with Gasteiger partial charge in [-0.3, -0.25) is 0 Å². The zero-order chi connectivity index (χ0) is 15.7. The predicted octanol–water partition coefficient (Wildman–Crippen LogP) is 2.83. The molecule has 22 heavy (non-hydrogen) atoms. The van der Waals surface area contributed by atoms with E-state index >= 15 is 0 Å². The molecule has 0 heterocycles. The van der Waals surface area contributed by atoms with Crippen molar-refractivity contribution in [3.05, 3.63) is 53.6 Å². The first-order valence-corrected chi connectivity index (χ1v) is 7.87. The molecule has 3 heteroatoms. The molecule has 0 aliphatic heterocycles. The summed E-state index contributed by atoms with van der Waals surface area (Å²) in [6, 6.07) is 15.0. The number of nitrogens with zero attached hydrogens (tertiary/aromatic N) is 1. The number of anilines is 1. The summed E-state index contributed by atoms with van der Waals surface area (Å²) in [4.78, 5) is 2.05. The van der Waals surface area contributed by atoms with Crippen LogP contribution in [0.1, 0.15) is 25.0 Å². The molecule has 2 N–H and O–H groups in total. The van der Waals surface area contributed by atoms with E-state index in [0.717, 1.165) is 12.1 Å². The summed E-state index contributed by atoms with van der Waals surface area (Å²) in [6.45, 7) is 4.60. The molecule has 2 aromatic carbocycles. The van der Waals surface area contributed by atoms with E-state index in [9.17, 15) is 10.2 Å². The van der Waals surface area contributed by atoms with Crippen molar-refractivity contribution in [2.45, 2.75) is 32.5 Å². The van der Waals surface area contributed by atoms with Crippen molar-refractivity contribution in [1.82, 2.24) is 0 Å². The van der Waals surface area contributed by atoms with Gasteiger partial charge < -0.3 is 15.1 Å². The number of hydrogen-bond acceptors (Lipinski definition) is 3. The van der Waals surface area contributed by atoms with Crippen LogP contribution in [-0.2, 0) is 6.42 Å². The van der Waals surface area contributed by atoms with E-state index in [1.807, 2.05) is 0 Å². The third-order valence-electron chi connectivity index (χ3n) is 4.11. The molecular formula is C19H23NO2. The highest BCUT2D eigenvalue weighted by atomic mass is 16.3. The van der Waals surface area contributed by atoms with Gasteiger partial charge in [0.1, 0.15) is 0 Å². The normalized spacial score (nSPS) is 15.1. The molecule has 2 aromatic rings. The van der Waals surface area contributed by atoms with Crippen LogP contribution in [0.2, 0.25) is 0 Å². The molecule has 1 aliphatic rings. The van der Waals surface area contributed by atoms with E-state index in [0.29, 0.717) is 13.1 Å². The van der Waals surface area contributed by atoms with Crippen LogP contribution < -0.4 is 4.90 Å². The monoisotopic (exact) mass is 297 g/mol. The summed E-state index contributed by atoms with van der Waals surface area (Å²) < 4.78 is 0. The topological polar surface area (TPSA) is 43.7 Å². The molecule has 3 nitrogen and oxygen atoms in total.